The van der Waals surface area contributed by atoms with Crippen LogP contribution in [-0.4, -0.2) is 39.0 Å². The second-order valence-corrected chi connectivity index (χ2v) is 9.95. The molecule has 1 aliphatic carbocycles. The number of ether oxygens (including phenoxy) is 1. The Kier molecular flexibility index (Phi) is 6.00. The zero-order chi connectivity index (χ0) is 22.0. The number of amides is 1. The van der Waals surface area contributed by atoms with Crippen LogP contribution >= 0.6 is 0 Å². The van der Waals surface area contributed by atoms with Crippen LogP contribution in [0.3, 0.4) is 0 Å². The van der Waals surface area contributed by atoms with Gasteiger partial charge in [-0.15, -0.1) is 0 Å². The number of hydrogen-bond acceptors (Lipinski definition) is 5. The Hall–Kier alpha value is -2.87. The van der Waals surface area contributed by atoms with E-state index >= 15 is 0 Å². The Balaban J connectivity index is 1.47. The summed E-state index contributed by atoms with van der Waals surface area (Å²) >= 11 is 0. The van der Waals surface area contributed by atoms with Crippen molar-refractivity contribution in [2.24, 2.45) is 0 Å². The van der Waals surface area contributed by atoms with Gasteiger partial charge in [0, 0.05) is 12.1 Å². The van der Waals surface area contributed by atoms with Crippen molar-refractivity contribution in [1.82, 2.24) is 5.32 Å². The fourth-order valence-electron chi connectivity index (χ4n) is 4.35. The molecule has 1 atom stereocenters. The number of nitrogens with one attached hydrogen (secondary N) is 1. The second kappa shape index (κ2) is 8.70. The van der Waals surface area contributed by atoms with Gasteiger partial charge in [0.15, 0.2) is 6.61 Å². The van der Waals surface area contributed by atoms with Crippen LogP contribution < -0.4 is 9.62 Å². The van der Waals surface area contributed by atoms with Gasteiger partial charge in [0.2, 0.25) is 0 Å². The van der Waals surface area contributed by atoms with Crippen molar-refractivity contribution in [1.29, 1.82) is 0 Å². The second-order valence-electron chi connectivity index (χ2n) is 8.14. The molecule has 2 aromatic carbocycles. The normalized spacial score (nSPS) is 18.6. The van der Waals surface area contributed by atoms with Crippen LogP contribution in [0.5, 0.6) is 0 Å². The molecule has 1 aliphatic heterocycles. The quantitative estimate of drug-likeness (QED) is 0.694. The molecule has 8 heteroatoms. The summed E-state index contributed by atoms with van der Waals surface area (Å²) in [6.45, 7) is 1.47. The van der Waals surface area contributed by atoms with Crippen LogP contribution in [0, 0.1) is 0 Å². The Bertz CT molecular complexity index is 1090. The molecule has 2 aromatic rings. The summed E-state index contributed by atoms with van der Waals surface area (Å²) in [4.78, 5) is 24.5. The number of para-hydroxylation sites is 1. The largest absolute Gasteiger partial charge is 0.452 e. The van der Waals surface area contributed by atoms with Gasteiger partial charge in [0.05, 0.1) is 16.1 Å². The summed E-state index contributed by atoms with van der Waals surface area (Å²) in [5, 5.41) is 2.85. The summed E-state index contributed by atoms with van der Waals surface area (Å²) in [5.41, 5.74) is 1.73. The Morgan fingerprint density at radius 1 is 1.10 bits per heavy atom. The average Bonchev–Trinajstić information content (AvgIpc) is 3.38. The topological polar surface area (TPSA) is 92.8 Å². The maximum Gasteiger partial charge on any atom is 0.338 e. The van der Waals surface area contributed by atoms with E-state index in [0.29, 0.717) is 12.1 Å². The summed E-state index contributed by atoms with van der Waals surface area (Å²) in [6, 6.07) is 13.1. The van der Waals surface area contributed by atoms with Crippen LogP contribution in [0.1, 0.15) is 48.5 Å². The fraction of sp³-hybridized carbons (Fsp3) is 0.391. The van der Waals surface area contributed by atoms with Gasteiger partial charge < -0.3 is 10.1 Å². The Labute approximate surface area is 182 Å². The van der Waals surface area contributed by atoms with E-state index < -0.39 is 16.0 Å². The minimum Gasteiger partial charge on any atom is -0.452 e. The van der Waals surface area contributed by atoms with Crippen molar-refractivity contribution in [3.63, 3.8) is 0 Å². The maximum atomic E-state index is 13.4. The van der Waals surface area contributed by atoms with Gasteiger partial charge in [0.25, 0.3) is 15.9 Å². The Morgan fingerprint density at radius 2 is 1.84 bits per heavy atom. The molecule has 1 saturated carbocycles. The van der Waals surface area contributed by atoms with Gasteiger partial charge >= 0.3 is 5.97 Å². The van der Waals surface area contributed by atoms with Gasteiger partial charge in [-0.05, 0) is 56.0 Å². The number of esters is 1. The molecule has 0 bridgehead atoms. The van der Waals surface area contributed by atoms with E-state index in [1.54, 1.807) is 6.07 Å². The van der Waals surface area contributed by atoms with Gasteiger partial charge in [-0.1, -0.05) is 37.1 Å². The molecule has 1 N–H and O–H groups in total. The molecule has 1 heterocycles. The Morgan fingerprint density at radius 3 is 2.61 bits per heavy atom. The minimum atomic E-state index is -3.86. The highest BCUT2D eigenvalue weighted by Crippen LogP contribution is 2.36. The first kappa shape index (κ1) is 21.4. The van der Waals surface area contributed by atoms with Gasteiger partial charge in [-0.25, -0.2) is 13.2 Å². The van der Waals surface area contributed by atoms with E-state index in [1.165, 1.54) is 28.6 Å². The highest BCUT2D eigenvalue weighted by molar-refractivity contribution is 7.92. The van der Waals surface area contributed by atoms with Crippen LogP contribution in [-0.2, 0) is 26.0 Å². The molecule has 4 rings (SSSR count). The highest BCUT2D eigenvalue weighted by Gasteiger charge is 2.36. The van der Waals surface area contributed by atoms with Crippen LogP contribution in [0.15, 0.2) is 53.4 Å². The van der Waals surface area contributed by atoms with E-state index in [-0.39, 0.29) is 35.1 Å². The summed E-state index contributed by atoms with van der Waals surface area (Å²) in [7, 11) is -3.86. The fourth-order valence-corrected chi connectivity index (χ4v) is 6.09. The first-order valence-corrected chi connectivity index (χ1v) is 12.0. The first-order chi connectivity index (χ1) is 14.9. The standard InChI is InChI=1S/C23H26N2O5S/c1-16-13-17-7-2-5-12-21(17)25(16)31(28,29)20-11-6-8-18(14-20)23(27)30-15-22(26)24-19-9-3-4-10-19/h2,5-8,11-12,14,16,19H,3-4,9-10,13,15H2,1H3,(H,24,26)/t16-/m1/s1. The minimum absolute atomic E-state index is 0.0147. The zero-order valence-electron chi connectivity index (χ0n) is 17.4. The van der Waals surface area contributed by atoms with Crippen molar-refractivity contribution in [3.8, 4) is 0 Å². The number of rotatable bonds is 6. The van der Waals surface area contributed by atoms with Crippen molar-refractivity contribution in [2.45, 2.75) is 56.0 Å². The summed E-state index contributed by atoms with van der Waals surface area (Å²) < 4.78 is 33.2. The molecule has 7 nitrogen and oxygen atoms in total. The molecule has 0 aromatic heterocycles. The number of carbonyl (C=O) groups is 2. The SMILES string of the molecule is C[C@@H]1Cc2ccccc2N1S(=O)(=O)c1cccc(C(=O)OCC(=O)NC2CCCC2)c1. The van der Waals surface area contributed by atoms with E-state index in [9.17, 15) is 18.0 Å². The molecule has 1 fully saturated rings. The third-order valence-corrected chi connectivity index (χ3v) is 7.75. The number of fused-ring (bicyclic) bond motifs is 1. The molecule has 2 aliphatic rings. The lowest BCUT2D eigenvalue weighted by molar-refractivity contribution is -0.124. The lowest BCUT2D eigenvalue weighted by atomic mass is 10.1. The maximum absolute atomic E-state index is 13.4. The average molecular weight is 443 g/mol. The lowest BCUT2D eigenvalue weighted by Gasteiger charge is -2.24. The summed E-state index contributed by atoms with van der Waals surface area (Å²) in [6.07, 6.45) is 4.70. The van der Waals surface area contributed by atoms with E-state index in [2.05, 4.69) is 5.32 Å². The van der Waals surface area contributed by atoms with Crippen LogP contribution in [0.25, 0.3) is 0 Å². The van der Waals surface area contributed by atoms with Gasteiger partial charge in [0.1, 0.15) is 0 Å². The van der Waals surface area contributed by atoms with E-state index in [4.69, 9.17) is 4.74 Å². The first-order valence-electron chi connectivity index (χ1n) is 10.5. The molecular weight excluding hydrogens is 416 g/mol. The third kappa shape index (κ3) is 4.44. The molecule has 0 unspecified atom stereocenters. The summed E-state index contributed by atoms with van der Waals surface area (Å²) in [5.74, 6) is -1.07. The number of hydrogen-bond donors (Lipinski definition) is 1. The smallest absolute Gasteiger partial charge is 0.338 e. The van der Waals surface area contributed by atoms with Crippen molar-refractivity contribution in [2.75, 3.05) is 10.9 Å². The third-order valence-electron chi connectivity index (χ3n) is 5.83. The number of benzene rings is 2. The molecule has 0 saturated heterocycles. The van der Waals surface area contributed by atoms with Gasteiger partial charge in [-0.3, -0.25) is 9.10 Å². The highest BCUT2D eigenvalue weighted by atomic mass is 32.2. The molecular formula is C23H26N2O5S. The molecule has 31 heavy (non-hydrogen) atoms. The van der Waals surface area contributed by atoms with Crippen molar-refractivity contribution < 1.29 is 22.7 Å². The number of carbonyl (C=O) groups excluding carboxylic acids is 2. The lowest BCUT2D eigenvalue weighted by Crippen LogP contribution is -2.36. The van der Waals surface area contributed by atoms with Gasteiger partial charge in [-0.2, -0.15) is 0 Å². The van der Waals surface area contributed by atoms with E-state index in [1.807, 2.05) is 25.1 Å². The number of nitrogens with zero attached hydrogens (tertiary/aromatic N) is 1. The monoisotopic (exact) mass is 442 g/mol. The molecule has 164 valence electrons. The predicted molar refractivity (Wildman–Crippen MR) is 116 cm³/mol. The molecule has 0 spiro atoms. The van der Waals surface area contributed by atoms with Crippen molar-refractivity contribution >= 4 is 27.6 Å². The number of sulfonamides is 1. The molecule has 1 amide bonds. The van der Waals surface area contributed by atoms with Crippen molar-refractivity contribution in [3.05, 3.63) is 59.7 Å². The zero-order valence-corrected chi connectivity index (χ0v) is 18.2. The molecule has 0 radical (unpaired) electrons. The van der Waals surface area contributed by atoms with Crippen LogP contribution in [0.4, 0.5) is 5.69 Å². The van der Waals surface area contributed by atoms with E-state index in [0.717, 1.165) is 31.2 Å². The van der Waals surface area contributed by atoms with Crippen LogP contribution in [0.2, 0.25) is 0 Å². The predicted octanol–water partition coefficient (Wildman–Crippen LogP) is 3.04. The number of anilines is 1.